The fourth-order valence-corrected chi connectivity index (χ4v) is 2.10. The second-order valence-corrected chi connectivity index (χ2v) is 5.27. The van der Waals surface area contributed by atoms with E-state index in [1.165, 1.54) is 16.0 Å². The minimum atomic E-state index is -0.786. The van der Waals surface area contributed by atoms with Gasteiger partial charge in [0.25, 0.3) is 0 Å². The molecule has 2 aliphatic carbocycles. The predicted octanol–water partition coefficient (Wildman–Crippen LogP) is 3.97. The Labute approximate surface area is 147 Å². The molecular formula is C19H22N2O4. The van der Waals surface area contributed by atoms with Crippen LogP contribution in [0.4, 0.5) is 9.59 Å². The summed E-state index contributed by atoms with van der Waals surface area (Å²) in [5.41, 5.74) is 5.77. The highest BCUT2D eigenvalue weighted by atomic mass is 16.7. The number of nitrogens with zero attached hydrogens (tertiary/aromatic N) is 1. The number of amides is 2. The van der Waals surface area contributed by atoms with Gasteiger partial charge in [0.1, 0.15) is 0 Å². The van der Waals surface area contributed by atoms with E-state index < -0.39 is 12.2 Å². The van der Waals surface area contributed by atoms with Crippen molar-refractivity contribution < 1.29 is 19.2 Å². The highest BCUT2D eigenvalue weighted by molar-refractivity contribution is 5.80. The Kier molecular flexibility index (Phi) is 6.83. The van der Waals surface area contributed by atoms with Crippen LogP contribution in [0.15, 0.2) is 54.6 Å². The molecule has 0 heterocycles. The van der Waals surface area contributed by atoms with E-state index in [9.17, 15) is 9.59 Å². The molecule has 0 unspecified atom stereocenters. The summed E-state index contributed by atoms with van der Waals surface area (Å²) in [6.45, 7) is 4.59. The van der Waals surface area contributed by atoms with Crippen LogP contribution in [0.1, 0.15) is 19.4 Å². The maximum absolute atomic E-state index is 11.7. The van der Waals surface area contributed by atoms with Crippen molar-refractivity contribution in [3.8, 4) is 11.1 Å². The Morgan fingerprint density at radius 1 is 1.00 bits per heavy atom. The lowest BCUT2D eigenvalue weighted by Crippen LogP contribution is -2.37. The highest BCUT2D eigenvalue weighted by Gasteiger charge is 2.15. The van der Waals surface area contributed by atoms with Crippen LogP contribution >= 0.6 is 0 Å². The van der Waals surface area contributed by atoms with Crippen molar-refractivity contribution in [1.82, 2.24) is 10.4 Å². The molecule has 0 atom stereocenters. The molecule has 2 aliphatic rings. The van der Waals surface area contributed by atoms with Crippen LogP contribution in [0.2, 0.25) is 0 Å². The zero-order chi connectivity index (χ0) is 18.1. The number of carbonyl (C=O) groups is 2. The SMILES string of the molecule is CCOC(=O)NOC(=O)N(CC)Cc1ccccc1.c1cc2cc-2c1. The van der Waals surface area contributed by atoms with Crippen LogP contribution in [0.3, 0.4) is 0 Å². The highest BCUT2D eigenvalue weighted by Crippen LogP contribution is 2.32. The average Bonchev–Trinajstić information content (AvgIpc) is 3.24. The molecule has 0 aromatic heterocycles. The normalized spacial score (nSPS) is 10.0. The van der Waals surface area contributed by atoms with Gasteiger partial charge in [-0.1, -0.05) is 48.5 Å². The Hall–Kier alpha value is -3.02. The average molecular weight is 342 g/mol. The summed E-state index contributed by atoms with van der Waals surface area (Å²) >= 11 is 0. The van der Waals surface area contributed by atoms with Crippen LogP contribution in [0.5, 0.6) is 0 Å². The number of ether oxygens (including phenoxy) is 1. The van der Waals surface area contributed by atoms with E-state index >= 15 is 0 Å². The smallest absolute Gasteiger partial charge is 0.440 e. The van der Waals surface area contributed by atoms with Crippen molar-refractivity contribution in [1.29, 1.82) is 0 Å². The quantitative estimate of drug-likeness (QED) is 0.728. The zero-order valence-corrected chi connectivity index (χ0v) is 14.4. The first-order chi connectivity index (χ1) is 12.1. The van der Waals surface area contributed by atoms with Gasteiger partial charge in [0, 0.05) is 13.1 Å². The molecule has 1 aromatic rings. The Morgan fingerprint density at radius 2 is 1.68 bits per heavy atom. The number of carbonyl (C=O) groups excluding carboxylic acids is 2. The summed E-state index contributed by atoms with van der Waals surface area (Å²) in [6, 6.07) is 18.0. The van der Waals surface area contributed by atoms with E-state index in [2.05, 4.69) is 33.8 Å². The first-order valence-corrected chi connectivity index (χ1v) is 8.17. The first kappa shape index (κ1) is 18.3. The Balaban J connectivity index is 0.000000306. The van der Waals surface area contributed by atoms with Crippen molar-refractivity contribution in [2.45, 2.75) is 20.4 Å². The number of benzene rings is 2. The molecule has 0 aliphatic heterocycles. The summed E-state index contributed by atoms with van der Waals surface area (Å²) in [7, 11) is 0. The summed E-state index contributed by atoms with van der Waals surface area (Å²) < 4.78 is 4.58. The molecule has 0 spiro atoms. The molecule has 0 bridgehead atoms. The lowest BCUT2D eigenvalue weighted by molar-refractivity contribution is 0.0429. The third-order valence-corrected chi connectivity index (χ3v) is 3.47. The van der Waals surface area contributed by atoms with E-state index in [1.54, 1.807) is 6.92 Å². The van der Waals surface area contributed by atoms with E-state index in [1.807, 2.05) is 42.7 Å². The van der Waals surface area contributed by atoms with Gasteiger partial charge in [0.05, 0.1) is 6.61 Å². The van der Waals surface area contributed by atoms with Crippen molar-refractivity contribution in [2.24, 2.45) is 0 Å². The largest absolute Gasteiger partial charge is 0.448 e. The minimum Gasteiger partial charge on any atom is -0.448 e. The molecule has 6 nitrogen and oxygen atoms in total. The van der Waals surface area contributed by atoms with Crippen molar-refractivity contribution in [3.05, 3.63) is 60.2 Å². The number of rotatable bonds is 4. The van der Waals surface area contributed by atoms with Crippen LogP contribution in [0.25, 0.3) is 11.1 Å². The molecule has 0 fully saturated rings. The Bertz CT molecular complexity index is 686. The molecule has 0 saturated heterocycles. The third kappa shape index (κ3) is 6.18. The van der Waals surface area contributed by atoms with Gasteiger partial charge in [-0.15, -0.1) is 5.48 Å². The number of hydroxylamine groups is 1. The summed E-state index contributed by atoms with van der Waals surface area (Å²) in [5.74, 6) is 0. The zero-order valence-electron chi connectivity index (χ0n) is 14.4. The van der Waals surface area contributed by atoms with Crippen molar-refractivity contribution in [3.63, 3.8) is 0 Å². The predicted molar refractivity (Wildman–Crippen MR) is 94.6 cm³/mol. The first-order valence-electron chi connectivity index (χ1n) is 8.17. The van der Waals surface area contributed by atoms with Crippen molar-refractivity contribution >= 4 is 12.2 Å². The van der Waals surface area contributed by atoms with E-state index in [0.29, 0.717) is 13.1 Å². The fraction of sp³-hybridized carbons (Fsp3) is 0.263. The van der Waals surface area contributed by atoms with Gasteiger partial charge < -0.3 is 14.5 Å². The van der Waals surface area contributed by atoms with Gasteiger partial charge in [-0.2, -0.15) is 0 Å². The topological polar surface area (TPSA) is 67.9 Å². The molecular weight excluding hydrogens is 320 g/mol. The van der Waals surface area contributed by atoms with E-state index in [4.69, 9.17) is 0 Å². The Morgan fingerprint density at radius 3 is 2.16 bits per heavy atom. The number of nitrogens with one attached hydrogen (secondary N) is 1. The van der Waals surface area contributed by atoms with Crippen LogP contribution in [0, 0.1) is 0 Å². The van der Waals surface area contributed by atoms with Crippen LogP contribution < -0.4 is 5.48 Å². The molecule has 0 radical (unpaired) electrons. The molecule has 3 rings (SSSR count). The van der Waals surface area contributed by atoms with Crippen molar-refractivity contribution in [2.75, 3.05) is 13.2 Å². The molecule has 0 saturated carbocycles. The number of fused-ring (bicyclic) bond motifs is 1. The maximum atomic E-state index is 11.7. The van der Waals surface area contributed by atoms with Gasteiger partial charge >= 0.3 is 12.2 Å². The second kappa shape index (κ2) is 9.32. The van der Waals surface area contributed by atoms with Gasteiger partial charge in [0.2, 0.25) is 0 Å². The monoisotopic (exact) mass is 342 g/mol. The summed E-state index contributed by atoms with van der Waals surface area (Å²) in [6.07, 6.45) is -1.41. The van der Waals surface area contributed by atoms with Gasteiger partial charge in [-0.25, -0.2) is 9.59 Å². The number of hydrogen-bond acceptors (Lipinski definition) is 4. The molecule has 25 heavy (non-hydrogen) atoms. The second-order valence-electron chi connectivity index (χ2n) is 5.27. The molecule has 2 amide bonds. The minimum absolute atomic E-state index is 0.213. The fourth-order valence-electron chi connectivity index (χ4n) is 2.10. The maximum Gasteiger partial charge on any atom is 0.440 e. The van der Waals surface area contributed by atoms with E-state index in [0.717, 1.165) is 5.56 Å². The summed E-state index contributed by atoms with van der Waals surface area (Å²) in [5, 5.41) is 0. The van der Waals surface area contributed by atoms with Crippen LogP contribution in [-0.4, -0.2) is 30.2 Å². The molecule has 1 N–H and O–H groups in total. The van der Waals surface area contributed by atoms with Gasteiger partial charge in [-0.3, -0.25) is 0 Å². The lowest BCUT2D eigenvalue weighted by atomic mass is 10.2. The van der Waals surface area contributed by atoms with E-state index in [-0.39, 0.29) is 6.61 Å². The van der Waals surface area contributed by atoms with Gasteiger partial charge in [-0.05, 0) is 36.6 Å². The van der Waals surface area contributed by atoms with Gasteiger partial charge in [0.15, 0.2) is 0 Å². The number of hydrogen-bond donors (Lipinski definition) is 1. The van der Waals surface area contributed by atoms with Crippen LogP contribution in [-0.2, 0) is 16.1 Å². The lowest BCUT2D eigenvalue weighted by Gasteiger charge is -2.19. The molecule has 6 heteroatoms. The standard InChI is InChI=1S/C13H18N2O4.C6H4/c1-3-15(10-11-8-6-5-7-9-11)13(17)19-14-12(16)18-4-2;1-2-5-4-6(5)3-1/h5-9H,3-4,10H2,1-2H3,(H,14,16);1-4H. The summed E-state index contributed by atoms with van der Waals surface area (Å²) in [4.78, 5) is 28.8. The molecule has 1 aromatic carbocycles. The third-order valence-electron chi connectivity index (χ3n) is 3.47. The molecule has 132 valence electrons.